The number of carbonyl (C=O) groups is 1. The van der Waals surface area contributed by atoms with Gasteiger partial charge in [-0.3, -0.25) is 4.79 Å². The lowest BCUT2D eigenvalue weighted by molar-refractivity contribution is 0.101. The number of amides is 1. The quantitative estimate of drug-likeness (QED) is 0.806. The molecule has 1 heterocycles. The first-order chi connectivity index (χ1) is 9.61. The van der Waals surface area contributed by atoms with E-state index in [1.807, 2.05) is 25.1 Å². The standard InChI is InChI=1S/C15H16N4O/c1-11-8-13(6-5-12(11)4-3-7-16)18-15(20)14-9-17-10-19(14)2/h5-6,8-10H,7,16H2,1-2H3,(H,18,20). The summed E-state index contributed by atoms with van der Waals surface area (Å²) in [5.74, 6) is 5.61. The van der Waals surface area contributed by atoms with Crippen LogP contribution in [0.2, 0.25) is 0 Å². The van der Waals surface area contributed by atoms with E-state index in [9.17, 15) is 4.79 Å². The molecule has 2 aromatic rings. The van der Waals surface area contributed by atoms with E-state index in [2.05, 4.69) is 22.1 Å². The van der Waals surface area contributed by atoms with Gasteiger partial charge in [0.25, 0.3) is 5.91 Å². The fraction of sp³-hybridized carbons (Fsp3) is 0.200. The molecule has 5 nitrogen and oxygen atoms in total. The average molecular weight is 268 g/mol. The predicted molar refractivity (Wildman–Crippen MR) is 78.3 cm³/mol. The first kappa shape index (κ1) is 13.8. The second-order valence-electron chi connectivity index (χ2n) is 4.38. The Balaban J connectivity index is 2.17. The highest BCUT2D eigenvalue weighted by Gasteiger charge is 2.10. The topological polar surface area (TPSA) is 72.9 Å². The van der Waals surface area contributed by atoms with Crippen molar-refractivity contribution in [3.8, 4) is 11.8 Å². The number of anilines is 1. The highest BCUT2D eigenvalue weighted by molar-refractivity contribution is 6.03. The molecule has 0 aliphatic heterocycles. The molecule has 1 aromatic heterocycles. The Bertz CT molecular complexity index is 691. The number of rotatable bonds is 2. The summed E-state index contributed by atoms with van der Waals surface area (Å²) in [5.41, 5.74) is 8.49. The third kappa shape index (κ3) is 3.05. The molecule has 1 amide bonds. The molecule has 1 aromatic carbocycles. The van der Waals surface area contributed by atoms with Gasteiger partial charge < -0.3 is 15.6 Å². The number of aryl methyl sites for hydroxylation is 2. The van der Waals surface area contributed by atoms with Crippen LogP contribution in [0, 0.1) is 18.8 Å². The van der Waals surface area contributed by atoms with Gasteiger partial charge in [-0.15, -0.1) is 0 Å². The summed E-state index contributed by atoms with van der Waals surface area (Å²) in [4.78, 5) is 16.0. The van der Waals surface area contributed by atoms with E-state index in [0.717, 1.165) is 16.8 Å². The molecule has 0 unspecified atom stereocenters. The predicted octanol–water partition coefficient (Wildman–Crippen LogP) is 1.29. The summed E-state index contributed by atoms with van der Waals surface area (Å²) in [6.45, 7) is 2.28. The third-order valence-electron chi connectivity index (χ3n) is 2.86. The summed E-state index contributed by atoms with van der Waals surface area (Å²) < 4.78 is 1.67. The molecular weight excluding hydrogens is 252 g/mol. The second kappa shape index (κ2) is 6.04. The Morgan fingerprint density at radius 1 is 1.50 bits per heavy atom. The van der Waals surface area contributed by atoms with Gasteiger partial charge in [-0.25, -0.2) is 4.98 Å². The maximum Gasteiger partial charge on any atom is 0.273 e. The van der Waals surface area contributed by atoms with Gasteiger partial charge in [0, 0.05) is 18.3 Å². The molecule has 0 aliphatic rings. The number of hydrogen-bond acceptors (Lipinski definition) is 3. The van der Waals surface area contributed by atoms with Gasteiger partial charge in [-0.05, 0) is 30.7 Å². The van der Waals surface area contributed by atoms with Crippen LogP contribution < -0.4 is 11.1 Å². The molecule has 0 fully saturated rings. The summed E-state index contributed by atoms with van der Waals surface area (Å²) in [6.07, 6.45) is 3.12. The number of aromatic nitrogens is 2. The van der Waals surface area contributed by atoms with E-state index in [1.54, 1.807) is 17.9 Å². The lowest BCUT2D eigenvalue weighted by Crippen LogP contribution is -2.15. The molecule has 0 spiro atoms. The molecule has 3 N–H and O–H groups in total. The summed E-state index contributed by atoms with van der Waals surface area (Å²) in [7, 11) is 1.78. The molecule has 0 aliphatic carbocycles. The average Bonchev–Trinajstić information content (AvgIpc) is 2.84. The van der Waals surface area contributed by atoms with Crippen molar-refractivity contribution in [2.24, 2.45) is 12.8 Å². The molecular formula is C15H16N4O. The largest absolute Gasteiger partial charge is 0.330 e. The SMILES string of the molecule is Cc1cc(NC(=O)c2cncn2C)ccc1C#CCN. The molecule has 0 atom stereocenters. The number of nitrogens with two attached hydrogens (primary N) is 1. The Morgan fingerprint density at radius 3 is 2.90 bits per heavy atom. The fourth-order valence-corrected chi connectivity index (χ4v) is 1.80. The summed E-state index contributed by atoms with van der Waals surface area (Å²) in [5, 5.41) is 2.84. The Hall–Kier alpha value is -2.58. The van der Waals surface area contributed by atoms with E-state index in [1.165, 1.54) is 6.20 Å². The van der Waals surface area contributed by atoms with Crippen LogP contribution in [0.1, 0.15) is 21.6 Å². The third-order valence-corrected chi connectivity index (χ3v) is 2.86. The van der Waals surface area contributed by atoms with Crippen molar-refractivity contribution in [3.05, 3.63) is 47.5 Å². The lowest BCUT2D eigenvalue weighted by atomic mass is 10.1. The van der Waals surface area contributed by atoms with Crippen molar-refractivity contribution in [1.29, 1.82) is 0 Å². The van der Waals surface area contributed by atoms with Crippen molar-refractivity contribution in [2.75, 3.05) is 11.9 Å². The highest BCUT2D eigenvalue weighted by atomic mass is 16.1. The Kier molecular flexibility index (Phi) is 4.18. The van der Waals surface area contributed by atoms with Crippen LogP contribution in [-0.2, 0) is 7.05 Å². The van der Waals surface area contributed by atoms with Crippen molar-refractivity contribution in [3.63, 3.8) is 0 Å². The van der Waals surface area contributed by atoms with Crippen LogP contribution in [0.4, 0.5) is 5.69 Å². The molecule has 20 heavy (non-hydrogen) atoms. The van der Waals surface area contributed by atoms with E-state index in [-0.39, 0.29) is 5.91 Å². The van der Waals surface area contributed by atoms with Crippen LogP contribution in [0.15, 0.2) is 30.7 Å². The van der Waals surface area contributed by atoms with Crippen LogP contribution in [0.25, 0.3) is 0 Å². The first-order valence-corrected chi connectivity index (χ1v) is 6.19. The molecule has 2 rings (SSSR count). The number of carbonyl (C=O) groups excluding carboxylic acids is 1. The molecule has 0 radical (unpaired) electrons. The van der Waals surface area contributed by atoms with Crippen LogP contribution in [0.3, 0.4) is 0 Å². The van der Waals surface area contributed by atoms with Crippen LogP contribution in [-0.4, -0.2) is 22.0 Å². The maximum absolute atomic E-state index is 12.0. The number of imidazole rings is 1. The molecule has 0 saturated heterocycles. The van der Waals surface area contributed by atoms with E-state index >= 15 is 0 Å². The van der Waals surface area contributed by atoms with Gasteiger partial charge in [0.1, 0.15) is 5.69 Å². The summed E-state index contributed by atoms with van der Waals surface area (Å²) in [6, 6.07) is 5.58. The maximum atomic E-state index is 12.0. The first-order valence-electron chi connectivity index (χ1n) is 6.19. The molecule has 5 heteroatoms. The zero-order chi connectivity index (χ0) is 14.5. The molecule has 102 valence electrons. The monoisotopic (exact) mass is 268 g/mol. The van der Waals surface area contributed by atoms with Crippen molar-refractivity contribution >= 4 is 11.6 Å². The molecule has 0 bridgehead atoms. The van der Waals surface area contributed by atoms with Gasteiger partial charge in [-0.1, -0.05) is 11.8 Å². The van der Waals surface area contributed by atoms with E-state index < -0.39 is 0 Å². The fourth-order valence-electron chi connectivity index (χ4n) is 1.80. The van der Waals surface area contributed by atoms with Gasteiger partial charge in [-0.2, -0.15) is 0 Å². The zero-order valence-corrected chi connectivity index (χ0v) is 11.5. The van der Waals surface area contributed by atoms with Crippen molar-refractivity contribution in [1.82, 2.24) is 9.55 Å². The highest BCUT2D eigenvalue weighted by Crippen LogP contribution is 2.15. The van der Waals surface area contributed by atoms with Crippen molar-refractivity contribution < 1.29 is 4.79 Å². The Morgan fingerprint density at radius 2 is 2.30 bits per heavy atom. The van der Waals surface area contributed by atoms with Crippen LogP contribution in [0.5, 0.6) is 0 Å². The second-order valence-corrected chi connectivity index (χ2v) is 4.38. The summed E-state index contributed by atoms with van der Waals surface area (Å²) >= 11 is 0. The zero-order valence-electron chi connectivity index (χ0n) is 11.5. The van der Waals surface area contributed by atoms with Gasteiger partial charge in [0.2, 0.25) is 0 Å². The Labute approximate surface area is 117 Å². The van der Waals surface area contributed by atoms with Crippen LogP contribution >= 0.6 is 0 Å². The minimum absolute atomic E-state index is 0.190. The van der Waals surface area contributed by atoms with E-state index in [4.69, 9.17) is 5.73 Å². The smallest absolute Gasteiger partial charge is 0.273 e. The number of nitrogens with one attached hydrogen (secondary N) is 1. The minimum Gasteiger partial charge on any atom is -0.330 e. The van der Waals surface area contributed by atoms with E-state index in [0.29, 0.717) is 12.2 Å². The number of nitrogens with zero attached hydrogens (tertiary/aromatic N) is 2. The van der Waals surface area contributed by atoms with Gasteiger partial charge in [0.05, 0.1) is 19.1 Å². The van der Waals surface area contributed by atoms with Gasteiger partial charge in [0.15, 0.2) is 0 Å². The lowest BCUT2D eigenvalue weighted by Gasteiger charge is -2.07. The number of hydrogen-bond donors (Lipinski definition) is 2. The van der Waals surface area contributed by atoms with Gasteiger partial charge >= 0.3 is 0 Å². The normalized spacial score (nSPS) is 9.75. The van der Waals surface area contributed by atoms with Crippen molar-refractivity contribution in [2.45, 2.75) is 6.92 Å². The number of benzene rings is 1. The molecule has 0 saturated carbocycles. The minimum atomic E-state index is -0.190.